The second kappa shape index (κ2) is 7.95. The molecule has 17 heavy (non-hydrogen) atoms. The van der Waals surface area contributed by atoms with Crippen LogP contribution in [0.25, 0.3) is 0 Å². The van der Waals surface area contributed by atoms with Crippen LogP contribution in [0.1, 0.15) is 20.3 Å². The molecule has 1 atom stereocenters. The Morgan fingerprint density at radius 1 is 1.59 bits per heavy atom. The Morgan fingerprint density at radius 3 is 3.00 bits per heavy atom. The summed E-state index contributed by atoms with van der Waals surface area (Å²) >= 11 is 1.68. The second-order valence-electron chi connectivity index (χ2n) is 4.86. The Balaban J connectivity index is 2.14. The summed E-state index contributed by atoms with van der Waals surface area (Å²) in [5.74, 6) is 1.55. The van der Waals surface area contributed by atoms with E-state index in [2.05, 4.69) is 18.7 Å². The smallest absolute Gasteiger partial charge is 0.304 e. The molecule has 0 aromatic carbocycles. The molecule has 100 valence electrons. The SMILES string of the molecule is CC(C)CN1CCOC(CSCCC(=O)O)C1. The van der Waals surface area contributed by atoms with Crippen LogP contribution in [-0.2, 0) is 9.53 Å². The molecule has 0 radical (unpaired) electrons. The van der Waals surface area contributed by atoms with Gasteiger partial charge in [0.05, 0.1) is 19.1 Å². The van der Waals surface area contributed by atoms with Crippen LogP contribution in [-0.4, -0.2) is 59.8 Å². The summed E-state index contributed by atoms with van der Waals surface area (Å²) in [7, 11) is 0. The molecule has 0 aromatic rings. The molecule has 0 aromatic heterocycles. The van der Waals surface area contributed by atoms with Gasteiger partial charge in [-0.3, -0.25) is 9.69 Å². The number of ether oxygens (including phenoxy) is 1. The first-order valence-electron chi connectivity index (χ1n) is 6.21. The molecule has 0 aliphatic carbocycles. The number of carbonyl (C=O) groups is 1. The minimum Gasteiger partial charge on any atom is -0.481 e. The van der Waals surface area contributed by atoms with Gasteiger partial charge in [0.15, 0.2) is 0 Å². The third kappa shape index (κ3) is 6.91. The second-order valence-corrected chi connectivity index (χ2v) is 6.01. The Bertz CT molecular complexity index is 236. The fourth-order valence-corrected chi connectivity index (χ4v) is 2.89. The normalized spacial score (nSPS) is 21.9. The van der Waals surface area contributed by atoms with Gasteiger partial charge in [-0.25, -0.2) is 0 Å². The lowest BCUT2D eigenvalue weighted by atomic mass is 10.2. The van der Waals surface area contributed by atoms with Crippen molar-refractivity contribution in [1.82, 2.24) is 4.90 Å². The van der Waals surface area contributed by atoms with Gasteiger partial charge < -0.3 is 9.84 Å². The summed E-state index contributed by atoms with van der Waals surface area (Å²) in [5.41, 5.74) is 0. The lowest BCUT2D eigenvalue weighted by Gasteiger charge is -2.33. The third-order valence-electron chi connectivity index (χ3n) is 2.61. The molecular formula is C12H23NO3S. The minimum absolute atomic E-state index is 0.243. The number of hydrogen-bond acceptors (Lipinski definition) is 4. The highest BCUT2D eigenvalue weighted by Crippen LogP contribution is 2.13. The Kier molecular flexibility index (Phi) is 6.92. The van der Waals surface area contributed by atoms with E-state index in [9.17, 15) is 4.79 Å². The topological polar surface area (TPSA) is 49.8 Å². The van der Waals surface area contributed by atoms with Crippen LogP contribution >= 0.6 is 11.8 Å². The van der Waals surface area contributed by atoms with Gasteiger partial charge in [-0.1, -0.05) is 13.8 Å². The van der Waals surface area contributed by atoms with Crippen molar-refractivity contribution in [1.29, 1.82) is 0 Å². The lowest BCUT2D eigenvalue weighted by Crippen LogP contribution is -2.44. The van der Waals surface area contributed by atoms with Crippen molar-refractivity contribution in [2.75, 3.05) is 37.7 Å². The first-order chi connectivity index (χ1) is 8.08. The van der Waals surface area contributed by atoms with Gasteiger partial charge in [0.1, 0.15) is 0 Å². The fourth-order valence-electron chi connectivity index (χ4n) is 1.94. The fraction of sp³-hybridized carbons (Fsp3) is 0.917. The zero-order valence-electron chi connectivity index (χ0n) is 10.7. The highest BCUT2D eigenvalue weighted by Gasteiger charge is 2.20. The Labute approximate surface area is 108 Å². The molecule has 0 bridgehead atoms. The van der Waals surface area contributed by atoms with Crippen molar-refractivity contribution in [3.05, 3.63) is 0 Å². The maximum Gasteiger partial charge on any atom is 0.304 e. The summed E-state index contributed by atoms with van der Waals surface area (Å²) < 4.78 is 5.69. The minimum atomic E-state index is -0.719. The van der Waals surface area contributed by atoms with Crippen LogP contribution in [0.3, 0.4) is 0 Å². The van der Waals surface area contributed by atoms with E-state index in [-0.39, 0.29) is 12.5 Å². The van der Waals surface area contributed by atoms with E-state index >= 15 is 0 Å². The van der Waals surface area contributed by atoms with E-state index in [1.54, 1.807) is 11.8 Å². The summed E-state index contributed by atoms with van der Waals surface area (Å²) in [5, 5.41) is 8.54. The molecule has 1 N–H and O–H groups in total. The van der Waals surface area contributed by atoms with Crippen molar-refractivity contribution in [2.45, 2.75) is 26.4 Å². The number of aliphatic carboxylic acids is 1. The molecule has 0 spiro atoms. The number of morpholine rings is 1. The van der Waals surface area contributed by atoms with Gasteiger partial charge in [0, 0.05) is 31.1 Å². The molecule has 4 nitrogen and oxygen atoms in total. The molecule has 1 fully saturated rings. The maximum atomic E-state index is 10.4. The van der Waals surface area contributed by atoms with E-state index in [0.717, 1.165) is 32.0 Å². The molecule has 1 aliphatic heterocycles. The Hall–Kier alpha value is -0.260. The average molecular weight is 261 g/mol. The summed E-state index contributed by atoms with van der Waals surface area (Å²) in [6.45, 7) is 8.39. The van der Waals surface area contributed by atoms with Gasteiger partial charge in [-0.2, -0.15) is 11.8 Å². The number of carboxylic acid groups (broad SMARTS) is 1. The van der Waals surface area contributed by atoms with Crippen molar-refractivity contribution in [2.24, 2.45) is 5.92 Å². The molecule has 1 rings (SSSR count). The zero-order chi connectivity index (χ0) is 12.7. The van der Waals surface area contributed by atoms with Crippen LogP contribution in [0.2, 0.25) is 0 Å². The number of thioether (sulfide) groups is 1. The first kappa shape index (κ1) is 14.8. The molecule has 5 heteroatoms. The summed E-state index contributed by atoms with van der Waals surface area (Å²) in [4.78, 5) is 12.8. The molecule has 1 heterocycles. The number of carboxylic acids is 1. The average Bonchev–Trinajstić information content (AvgIpc) is 2.24. The molecule has 1 unspecified atom stereocenters. The van der Waals surface area contributed by atoms with Crippen LogP contribution < -0.4 is 0 Å². The Morgan fingerprint density at radius 2 is 2.35 bits per heavy atom. The molecule has 0 amide bonds. The summed E-state index contributed by atoms with van der Waals surface area (Å²) in [6, 6.07) is 0. The molecule has 1 saturated heterocycles. The predicted octanol–water partition coefficient (Wildman–Crippen LogP) is 1.55. The lowest BCUT2D eigenvalue weighted by molar-refractivity contribution is -0.136. The quantitative estimate of drug-likeness (QED) is 0.705. The van der Waals surface area contributed by atoms with Crippen LogP contribution in [0.15, 0.2) is 0 Å². The standard InChI is InChI=1S/C12H23NO3S/c1-10(2)7-13-4-5-16-11(8-13)9-17-6-3-12(14)15/h10-11H,3-9H2,1-2H3,(H,14,15). The highest BCUT2D eigenvalue weighted by atomic mass is 32.2. The van der Waals surface area contributed by atoms with E-state index < -0.39 is 5.97 Å². The van der Waals surface area contributed by atoms with Gasteiger partial charge in [-0.05, 0) is 5.92 Å². The molecular weight excluding hydrogens is 238 g/mol. The van der Waals surface area contributed by atoms with Crippen LogP contribution in [0, 0.1) is 5.92 Å². The van der Waals surface area contributed by atoms with E-state index in [1.807, 2.05) is 0 Å². The summed E-state index contributed by atoms with van der Waals surface area (Å²) in [6.07, 6.45) is 0.508. The first-order valence-corrected chi connectivity index (χ1v) is 7.37. The van der Waals surface area contributed by atoms with Crippen molar-refractivity contribution >= 4 is 17.7 Å². The highest BCUT2D eigenvalue weighted by molar-refractivity contribution is 7.99. The van der Waals surface area contributed by atoms with Gasteiger partial charge in [0.25, 0.3) is 0 Å². The predicted molar refractivity (Wildman–Crippen MR) is 70.6 cm³/mol. The third-order valence-corrected chi connectivity index (χ3v) is 3.71. The van der Waals surface area contributed by atoms with E-state index in [4.69, 9.17) is 9.84 Å². The van der Waals surface area contributed by atoms with Gasteiger partial charge in [0.2, 0.25) is 0 Å². The van der Waals surface area contributed by atoms with Crippen LogP contribution in [0.5, 0.6) is 0 Å². The van der Waals surface area contributed by atoms with Crippen molar-refractivity contribution in [3.8, 4) is 0 Å². The molecule has 0 saturated carbocycles. The van der Waals surface area contributed by atoms with Crippen molar-refractivity contribution < 1.29 is 14.6 Å². The monoisotopic (exact) mass is 261 g/mol. The van der Waals surface area contributed by atoms with E-state index in [0.29, 0.717) is 11.7 Å². The zero-order valence-corrected chi connectivity index (χ0v) is 11.5. The largest absolute Gasteiger partial charge is 0.481 e. The number of rotatable bonds is 7. The van der Waals surface area contributed by atoms with Gasteiger partial charge in [-0.15, -0.1) is 0 Å². The number of nitrogens with zero attached hydrogens (tertiary/aromatic N) is 1. The van der Waals surface area contributed by atoms with Crippen molar-refractivity contribution in [3.63, 3.8) is 0 Å². The van der Waals surface area contributed by atoms with E-state index in [1.165, 1.54) is 0 Å². The van der Waals surface area contributed by atoms with Gasteiger partial charge >= 0.3 is 5.97 Å². The number of hydrogen-bond donors (Lipinski definition) is 1. The van der Waals surface area contributed by atoms with Crippen LogP contribution in [0.4, 0.5) is 0 Å². The maximum absolute atomic E-state index is 10.4. The molecule has 1 aliphatic rings.